The first-order valence-corrected chi connectivity index (χ1v) is 7.53. The second kappa shape index (κ2) is 6.86. The first-order valence-electron chi connectivity index (χ1n) is 6.77. The molecule has 6 heteroatoms. The molecule has 2 aromatic carbocycles. The molecule has 0 unspecified atom stereocenters. The summed E-state index contributed by atoms with van der Waals surface area (Å²) in [6, 6.07) is 14.7. The summed E-state index contributed by atoms with van der Waals surface area (Å²) in [5, 5.41) is 4.81. The third-order valence-electron chi connectivity index (χ3n) is 3.13. The third-order valence-corrected chi connectivity index (χ3v) is 3.73. The van der Waals surface area contributed by atoms with Crippen LogP contribution in [-0.4, -0.2) is 17.3 Å². The van der Waals surface area contributed by atoms with Crippen molar-refractivity contribution in [3.63, 3.8) is 0 Å². The molecular weight excluding hydrogens is 335 g/mol. The summed E-state index contributed by atoms with van der Waals surface area (Å²) in [4.78, 5) is 4.29. The summed E-state index contributed by atoms with van der Waals surface area (Å²) in [6.07, 6.45) is 1.73. The highest BCUT2D eigenvalue weighted by molar-refractivity contribution is 6.50. The topological polar surface area (TPSA) is 48.2 Å². The van der Waals surface area contributed by atoms with E-state index in [0.717, 1.165) is 11.3 Å². The molecule has 4 nitrogen and oxygen atoms in total. The maximum atomic E-state index is 6.27. The molecule has 3 rings (SSSR count). The van der Waals surface area contributed by atoms with Crippen LogP contribution < -0.4 is 4.74 Å². The van der Waals surface area contributed by atoms with Gasteiger partial charge in [-0.25, -0.2) is 0 Å². The largest absolute Gasteiger partial charge is 0.497 e. The Morgan fingerprint density at radius 2 is 2.00 bits per heavy atom. The molecular formula is C17H12Cl2N2O2. The highest BCUT2D eigenvalue weighted by atomic mass is 35.5. The number of benzene rings is 2. The van der Waals surface area contributed by atoms with Crippen LogP contribution >= 0.6 is 23.2 Å². The van der Waals surface area contributed by atoms with Gasteiger partial charge >= 0.3 is 0 Å². The van der Waals surface area contributed by atoms with E-state index in [-0.39, 0.29) is 5.89 Å². The molecule has 0 spiro atoms. The molecule has 1 aromatic heterocycles. The molecule has 0 saturated heterocycles. The Kier molecular flexibility index (Phi) is 4.65. The summed E-state index contributed by atoms with van der Waals surface area (Å²) in [5.41, 5.74) is 1.56. The summed E-state index contributed by atoms with van der Waals surface area (Å²) in [7, 11) is 1.61. The SMILES string of the molecule is COc1cccc(/C=C(\Cl)c2nc(-c3ccccc3Cl)no2)c1. The Bertz CT molecular complexity index is 859. The van der Waals surface area contributed by atoms with Crippen LogP contribution in [0.4, 0.5) is 0 Å². The van der Waals surface area contributed by atoms with Crippen molar-refractivity contribution in [2.45, 2.75) is 0 Å². The van der Waals surface area contributed by atoms with E-state index in [1.54, 1.807) is 19.3 Å². The fourth-order valence-electron chi connectivity index (χ4n) is 2.01. The van der Waals surface area contributed by atoms with Gasteiger partial charge in [0.1, 0.15) is 10.8 Å². The zero-order chi connectivity index (χ0) is 16.2. The van der Waals surface area contributed by atoms with Crippen molar-refractivity contribution >= 4 is 34.3 Å². The van der Waals surface area contributed by atoms with E-state index in [1.165, 1.54) is 0 Å². The standard InChI is InChI=1S/C17H12Cl2N2O2/c1-22-12-6-4-5-11(9-12)10-15(19)17-20-16(21-23-17)13-7-2-3-8-14(13)18/h2-10H,1H3/b15-10-. The zero-order valence-electron chi connectivity index (χ0n) is 12.2. The van der Waals surface area contributed by atoms with Gasteiger partial charge < -0.3 is 9.26 Å². The molecule has 0 aliphatic heterocycles. The molecule has 0 radical (unpaired) electrons. The number of aromatic nitrogens is 2. The van der Waals surface area contributed by atoms with Crippen molar-refractivity contribution in [2.24, 2.45) is 0 Å². The lowest BCUT2D eigenvalue weighted by Crippen LogP contribution is -1.84. The van der Waals surface area contributed by atoms with Crippen molar-refractivity contribution in [1.82, 2.24) is 10.1 Å². The van der Waals surface area contributed by atoms with Gasteiger partial charge in [0, 0.05) is 5.56 Å². The van der Waals surface area contributed by atoms with Gasteiger partial charge in [-0.1, -0.05) is 52.6 Å². The first-order chi connectivity index (χ1) is 11.2. The second-order valence-electron chi connectivity index (χ2n) is 4.67. The van der Waals surface area contributed by atoms with Crippen molar-refractivity contribution in [3.8, 4) is 17.1 Å². The molecule has 0 amide bonds. The van der Waals surface area contributed by atoms with Crippen LogP contribution in [0.3, 0.4) is 0 Å². The van der Waals surface area contributed by atoms with Gasteiger partial charge in [-0.2, -0.15) is 4.98 Å². The van der Waals surface area contributed by atoms with E-state index < -0.39 is 0 Å². The molecule has 0 saturated carbocycles. The Morgan fingerprint density at radius 1 is 1.17 bits per heavy atom. The van der Waals surface area contributed by atoms with E-state index >= 15 is 0 Å². The summed E-state index contributed by atoms with van der Waals surface area (Å²) < 4.78 is 10.4. The molecule has 1 heterocycles. The Balaban J connectivity index is 1.90. The average Bonchev–Trinajstić information content (AvgIpc) is 3.05. The summed E-state index contributed by atoms with van der Waals surface area (Å²) in [6.45, 7) is 0. The van der Waals surface area contributed by atoms with Crippen LogP contribution in [0.1, 0.15) is 11.5 Å². The lowest BCUT2D eigenvalue weighted by atomic mass is 10.2. The van der Waals surface area contributed by atoms with Crippen molar-refractivity contribution in [2.75, 3.05) is 7.11 Å². The van der Waals surface area contributed by atoms with Crippen LogP contribution in [0.25, 0.3) is 22.5 Å². The van der Waals surface area contributed by atoms with Gasteiger partial charge in [-0.3, -0.25) is 0 Å². The predicted octanol–water partition coefficient (Wildman–Crippen LogP) is 5.14. The maximum absolute atomic E-state index is 6.27. The summed E-state index contributed by atoms with van der Waals surface area (Å²) in [5.74, 6) is 1.36. The number of rotatable bonds is 4. The van der Waals surface area contributed by atoms with Crippen LogP contribution in [-0.2, 0) is 0 Å². The zero-order valence-corrected chi connectivity index (χ0v) is 13.7. The van der Waals surface area contributed by atoms with Gasteiger partial charge in [0.25, 0.3) is 5.89 Å². The minimum atomic E-state index is 0.226. The molecule has 0 fully saturated rings. The fraction of sp³-hybridized carbons (Fsp3) is 0.0588. The summed E-state index contributed by atoms with van der Waals surface area (Å²) >= 11 is 12.4. The number of nitrogens with zero attached hydrogens (tertiary/aromatic N) is 2. The van der Waals surface area contributed by atoms with E-state index in [9.17, 15) is 0 Å². The minimum absolute atomic E-state index is 0.226. The highest BCUT2D eigenvalue weighted by Crippen LogP contribution is 2.28. The van der Waals surface area contributed by atoms with Crippen LogP contribution in [0.5, 0.6) is 5.75 Å². The number of hydrogen-bond acceptors (Lipinski definition) is 4. The van der Waals surface area contributed by atoms with Crippen molar-refractivity contribution in [1.29, 1.82) is 0 Å². The quantitative estimate of drug-likeness (QED) is 0.656. The normalized spacial score (nSPS) is 11.5. The third kappa shape index (κ3) is 3.55. The number of halogens is 2. The van der Waals surface area contributed by atoms with Gasteiger partial charge in [0.05, 0.1) is 12.1 Å². The van der Waals surface area contributed by atoms with Gasteiger partial charge in [0.2, 0.25) is 5.82 Å². The average molecular weight is 347 g/mol. The molecule has 0 N–H and O–H groups in total. The number of hydrogen-bond donors (Lipinski definition) is 0. The minimum Gasteiger partial charge on any atom is -0.497 e. The molecule has 0 atom stereocenters. The molecule has 0 aliphatic carbocycles. The molecule has 23 heavy (non-hydrogen) atoms. The number of ether oxygens (including phenoxy) is 1. The molecule has 0 bridgehead atoms. The van der Waals surface area contributed by atoms with Crippen molar-refractivity contribution < 1.29 is 9.26 Å². The maximum Gasteiger partial charge on any atom is 0.269 e. The molecule has 3 aromatic rings. The van der Waals surface area contributed by atoms with Crippen LogP contribution in [0.2, 0.25) is 5.02 Å². The molecule has 0 aliphatic rings. The van der Waals surface area contributed by atoms with Gasteiger partial charge in [-0.05, 0) is 35.9 Å². The van der Waals surface area contributed by atoms with E-state index in [4.69, 9.17) is 32.5 Å². The van der Waals surface area contributed by atoms with E-state index in [1.807, 2.05) is 42.5 Å². The first kappa shape index (κ1) is 15.6. The van der Waals surface area contributed by atoms with Crippen LogP contribution in [0, 0.1) is 0 Å². The fourth-order valence-corrected chi connectivity index (χ4v) is 2.43. The Morgan fingerprint density at radius 3 is 2.78 bits per heavy atom. The van der Waals surface area contributed by atoms with E-state index in [0.29, 0.717) is 21.4 Å². The van der Waals surface area contributed by atoms with Gasteiger partial charge in [0.15, 0.2) is 0 Å². The molecule has 116 valence electrons. The Hall–Kier alpha value is -2.30. The second-order valence-corrected chi connectivity index (χ2v) is 5.49. The Labute approximate surface area is 143 Å². The van der Waals surface area contributed by atoms with Crippen molar-refractivity contribution in [3.05, 3.63) is 65.0 Å². The van der Waals surface area contributed by atoms with Gasteiger partial charge in [-0.15, -0.1) is 0 Å². The van der Waals surface area contributed by atoms with Crippen LogP contribution in [0.15, 0.2) is 53.1 Å². The predicted molar refractivity (Wildman–Crippen MR) is 91.5 cm³/mol. The lowest BCUT2D eigenvalue weighted by molar-refractivity contribution is 0.410. The monoisotopic (exact) mass is 346 g/mol. The highest BCUT2D eigenvalue weighted by Gasteiger charge is 2.13. The lowest BCUT2D eigenvalue weighted by Gasteiger charge is -2.00. The smallest absolute Gasteiger partial charge is 0.269 e. The van der Waals surface area contributed by atoms with E-state index in [2.05, 4.69) is 10.1 Å². The number of methoxy groups -OCH3 is 1.